The van der Waals surface area contributed by atoms with Crippen LogP contribution >= 0.6 is 0 Å². The highest BCUT2D eigenvalue weighted by atomic mass is 16.3. The lowest BCUT2D eigenvalue weighted by molar-refractivity contribution is -0.123. The van der Waals surface area contributed by atoms with Crippen LogP contribution in [-0.4, -0.2) is 48.2 Å². The van der Waals surface area contributed by atoms with Crippen LogP contribution in [-0.2, 0) is 11.2 Å². The van der Waals surface area contributed by atoms with Crippen LogP contribution in [0.15, 0.2) is 30.3 Å². The number of aliphatic hydroxyl groups is 1. The minimum Gasteiger partial charge on any atom is -0.395 e. The summed E-state index contributed by atoms with van der Waals surface area (Å²) >= 11 is 0. The number of nitrogens with one attached hydrogen (secondary N) is 1. The normalized spacial score (nSPS) is 15.9. The fraction of sp³-hybridized carbons (Fsp3) is 0.611. The standard InChI is InChI=1S/C18H28N2O2/c21-14-13-20(12-11-16-7-3-1-4-8-16)15-18(22)19-17-9-5-2-6-10-17/h1,3-4,7-8,17,21H,2,5-6,9-15H2,(H,19,22). The van der Waals surface area contributed by atoms with Crippen LogP contribution in [0.2, 0.25) is 0 Å². The average molecular weight is 304 g/mol. The molecule has 1 fully saturated rings. The van der Waals surface area contributed by atoms with Crippen molar-refractivity contribution in [3.8, 4) is 0 Å². The molecule has 122 valence electrons. The van der Waals surface area contributed by atoms with Crippen LogP contribution in [0.5, 0.6) is 0 Å². The molecule has 0 saturated heterocycles. The van der Waals surface area contributed by atoms with Crippen molar-refractivity contribution in [1.29, 1.82) is 0 Å². The monoisotopic (exact) mass is 304 g/mol. The Bertz CT molecular complexity index is 430. The van der Waals surface area contributed by atoms with Gasteiger partial charge in [-0.2, -0.15) is 0 Å². The third-order valence-electron chi connectivity index (χ3n) is 4.31. The Kier molecular flexibility index (Phi) is 7.40. The van der Waals surface area contributed by atoms with E-state index in [-0.39, 0.29) is 12.5 Å². The molecule has 4 nitrogen and oxygen atoms in total. The van der Waals surface area contributed by atoms with Gasteiger partial charge in [0.1, 0.15) is 0 Å². The number of carbonyl (C=O) groups excluding carboxylic acids is 1. The van der Waals surface area contributed by atoms with E-state index in [1.165, 1.54) is 24.8 Å². The van der Waals surface area contributed by atoms with Crippen molar-refractivity contribution in [3.05, 3.63) is 35.9 Å². The van der Waals surface area contributed by atoms with E-state index in [1.54, 1.807) is 0 Å². The molecule has 0 heterocycles. The van der Waals surface area contributed by atoms with Gasteiger partial charge in [0, 0.05) is 19.1 Å². The third-order valence-corrected chi connectivity index (χ3v) is 4.31. The predicted octanol–water partition coefficient (Wildman–Crippen LogP) is 1.97. The second kappa shape index (κ2) is 9.59. The minimum absolute atomic E-state index is 0.0888. The van der Waals surface area contributed by atoms with E-state index >= 15 is 0 Å². The summed E-state index contributed by atoms with van der Waals surface area (Å²) in [5.74, 6) is 0.0911. The molecule has 22 heavy (non-hydrogen) atoms. The molecular formula is C18H28N2O2. The topological polar surface area (TPSA) is 52.6 Å². The van der Waals surface area contributed by atoms with Crippen molar-refractivity contribution in [2.45, 2.75) is 44.6 Å². The Morgan fingerprint density at radius 3 is 2.55 bits per heavy atom. The highest BCUT2D eigenvalue weighted by Gasteiger charge is 2.17. The molecule has 0 atom stereocenters. The number of hydrogen-bond acceptors (Lipinski definition) is 3. The van der Waals surface area contributed by atoms with E-state index in [1.807, 2.05) is 23.1 Å². The molecule has 1 aliphatic carbocycles. The number of amides is 1. The van der Waals surface area contributed by atoms with Gasteiger partial charge >= 0.3 is 0 Å². The first-order chi connectivity index (χ1) is 10.8. The molecule has 0 bridgehead atoms. The summed E-state index contributed by atoms with van der Waals surface area (Å²) < 4.78 is 0. The lowest BCUT2D eigenvalue weighted by Crippen LogP contribution is -2.44. The minimum atomic E-state index is 0.0888. The number of benzene rings is 1. The fourth-order valence-electron chi connectivity index (χ4n) is 3.07. The van der Waals surface area contributed by atoms with E-state index < -0.39 is 0 Å². The first-order valence-corrected chi connectivity index (χ1v) is 8.44. The highest BCUT2D eigenvalue weighted by Crippen LogP contribution is 2.17. The van der Waals surface area contributed by atoms with Crippen molar-refractivity contribution < 1.29 is 9.90 Å². The van der Waals surface area contributed by atoms with Gasteiger partial charge in [0.2, 0.25) is 5.91 Å². The molecular weight excluding hydrogens is 276 g/mol. The Hall–Kier alpha value is -1.39. The van der Waals surface area contributed by atoms with Crippen LogP contribution in [0.3, 0.4) is 0 Å². The second-order valence-corrected chi connectivity index (χ2v) is 6.14. The van der Waals surface area contributed by atoms with Crippen molar-refractivity contribution in [1.82, 2.24) is 10.2 Å². The van der Waals surface area contributed by atoms with E-state index in [9.17, 15) is 9.90 Å². The Labute approximate surface area is 133 Å². The first kappa shape index (κ1) is 17.0. The molecule has 0 aromatic heterocycles. The van der Waals surface area contributed by atoms with Gasteiger partial charge < -0.3 is 10.4 Å². The number of aliphatic hydroxyl groups excluding tert-OH is 1. The lowest BCUT2D eigenvalue weighted by Gasteiger charge is -2.25. The molecule has 0 aliphatic heterocycles. The van der Waals surface area contributed by atoms with Gasteiger partial charge in [-0.1, -0.05) is 49.6 Å². The average Bonchev–Trinajstić information content (AvgIpc) is 2.55. The summed E-state index contributed by atoms with van der Waals surface area (Å²) in [5, 5.41) is 12.3. The van der Waals surface area contributed by atoms with E-state index in [2.05, 4.69) is 17.4 Å². The number of rotatable bonds is 8. The zero-order valence-electron chi connectivity index (χ0n) is 13.3. The van der Waals surface area contributed by atoms with Gasteiger partial charge in [-0.15, -0.1) is 0 Å². The lowest BCUT2D eigenvalue weighted by atomic mass is 9.95. The number of hydrogen-bond donors (Lipinski definition) is 2. The predicted molar refractivity (Wildman–Crippen MR) is 88.7 cm³/mol. The summed E-state index contributed by atoms with van der Waals surface area (Å²) in [6, 6.07) is 10.6. The van der Waals surface area contributed by atoms with Crippen LogP contribution in [0.25, 0.3) is 0 Å². The van der Waals surface area contributed by atoms with E-state index in [0.717, 1.165) is 25.8 Å². The van der Waals surface area contributed by atoms with E-state index in [0.29, 0.717) is 19.1 Å². The molecule has 1 aliphatic rings. The Balaban J connectivity index is 1.75. The summed E-state index contributed by atoms with van der Waals surface area (Å²) in [6.45, 7) is 1.81. The quantitative estimate of drug-likeness (QED) is 0.772. The molecule has 0 unspecified atom stereocenters. The molecule has 2 rings (SSSR count). The van der Waals surface area contributed by atoms with Crippen molar-refractivity contribution in [2.75, 3.05) is 26.2 Å². The molecule has 1 saturated carbocycles. The summed E-state index contributed by atoms with van der Waals surface area (Å²) in [7, 11) is 0. The first-order valence-electron chi connectivity index (χ1n) is 8.44. The maximum absolute atomic E-state index is 12.2. The molecule has 4 heteroatoms. The second-order valence-electron chi connectivity index (χ2n) is 6.14. The van der Waals surface area contributed by atoms with Crippen LogP contribution < -0.4 is 5.32 Å². The van der Waals surface area contributed by atoms with Crippen molar-refractivity contribution >= 4 is 5.91 Å². The fourth-order valence-corrected chi connectivity index (χ4v) is 3.07. The van der Waals surface area contributed by atoms with Crippen molar-refractivity contribution in [3.63, 3.8) is 0 Å². The van der Waals surface area contributed by atoms with Crippen LogP contribution in [0, 0.1) is 0 Å². The maximum Gasteiger partial charge on any atom is 0.234 e. The molecule has 2 N–H and O–H groups in total. The zero-order chi connectivity index (χ0) is 15.6. The van der Waals surface area contributed by atoms with Gasteiger partial charge in [0.05, 0.1) is 13.2 Å². The molecule has 1 amide bonds. The number of nitrogens with zero attached hydrogens (tertiary/aromatic N) is 1. The van der Waals surface area contributed by atoms with Gasteiger partial charge in [-0.25, -0.2) is 0 Å². The van der Waals surface area contributed by atoms with Gasteiger partial charge in [0.25, 0.3) is 0 Å². The van der Waals surface area contributed by atoms with Crippen LogP contribution in [0.4, 0.5) is 0 Å². The Morgan fingerprint density at radius 1 is 1.14 bits per heavy atom. The summed E-state index contributed by atoms with van der Waals surface area (Å²) in [6.07, 6.45) is 6.85. The Morgan fingerprint density at radius 2 is 1.86 bits per heavy atom. The molecule has 1 aromatic carbocycles. The summed E-state index contributed by atoms with van der Waals surface area (Å²) in [5.41, 5.74) is 1.26. The van der Waals surface area contributed by atoms with E-state index in [4.69, 9.17) is 0 Å². The van der Waals surface area contributed by atoms with Crippen molar-refractivity contribution in [2.24, 2.45) is 0 Å². The molecule has 1 aromatic rings. The maximum atomic E-state index is 12.2. The van der Waals surface area contributed by atoms with Crippen LogP contribution in [0.1, 0.15) is 37.7 Å². The highest BCUT2D eigenvalue weighted by molar-refractivity contribution is 5.78. The van der Waals surface area contributed by atoms with Gasteiger partial charge in [0.15, 0.2) is 0 Å². The SMILES string of the molecule is O=C(CN(CCO)CCc1ccccc1)NC1CCCCC1. The largest absolute Gasteiger partial charge is 0.395 e. The third kappa shape index (κ3) is 6.16. The smallest absolute Gasteiger partial charge is 0.234 e. The zero-order valence-corrected chi connectivity index (χ0v) is 13.3. The molecule has 0 radical (unpaired) electrons. The number of carbonyl (C=O) groups is 1. The molecule has 0 spiro atoms. The summed E-state index contributed by atoms with van der Waals surface area (Å²) in [4.78, 5) is 14.2. The van der Waals surface area contributed by atoms with Gasteiger partial charge in [-0.3, -0.25) is 9.69 Å². The van der Waals surface area contributed by atoms with Gasteiger partial charge in [-0.05, 0) is 24.8 Å².